The fourth-order valence-corrected chi connectivity index (χ4v) is 1.50. The van der Waals surface area contributed by atoms with E-state index in [1.165, 1.54) is 0 Å². The average molecular weight is 165 g/mol. The van der Waals surface area contributed by atoms with Crippen molar-refractivity contribution in [2.75, 3.05) is 0 Å². The van der Waals surface area contributed by atoms with Gasteiger partial charge in [0.2, 0.25) is 0 Å². The third-order valence-electron chi connectivity index (χ3n) is 2.18. The van der Waals surface area contributed by atoms with Crippen LogP contribution in [0.5, 0.6) is 0 Å². The van der Waals surface area contributed by atoms with E-state index in [-0.39, 0.29) is 11.9 Å². The number of nitrogens with one attached hydrogen (secondary N) is 1. The third kappa shape index (κ3) is 0.858. The SMILES string of the molecule is CC(C)C1NC(=O)c2ccoc21. The molecular weight excluding hydrogens is 154 g/mol. The highest BCUT2D eigenvalue weighted by Crippen LogP contribution is 2.31. The van der Waals surface area contributed by atoms with E-state index in [0.29, 0.717) is 11.5 Å². The molecule has 1 aromatic rings. The van der Waals surface area contributed by atoms with Crippen molar-refractivity contribution in [3.05, 3.63) is 23.7 Å². The molecule has 0 saturated heterocycles. The number of hydrogen-bond donors (Lipinski definition) is 1. The van der Waals surface area contributed by atoms with Crippen molar-refractivity contribution in [3.63, 3.8) is 0 Å². The minimum atomic E-state index is -0.0162. The molecule has 0 aliphatic carbocycles. The van der Waals surface area contributed by atoms with Crippen molar-refractivity contribution in [2.24, 2.45) is 5.92 Å². The topological polar surface area (TPSA) is 42.2 Å². The van der Waals surface area contributed by atoms with Crippen LogP contribution in [0.1, 0.15) is 36.0 Å². The van der Waals surface area contributed by atoms with Gasteiger partial charge in [0.1, 0.15) is 5.76 Å². The summed E-state index contributed by atoms with van der Waals surface area (Å²) in [6, 6.07) is 1.77. The lowest BCUT2D eigenvalue weighted by Crippen LogP contribution is -2.23. The molecule has 12 heavy (non-hydrogen) atoms. The maximum Gasteiger partial charge on any atom is 0.255 e. The van der Waals surface area contributed by atoms with Crippen LogP contribution in [0.3, 0.4) is 0 Å². The molecule has 3 nitrogen and oxygen atoms in total. The fraction of sp³-hybridized carbons (Fsp3) is 0.444. The van der Waals surface area contributed by atoms with E-state index in [0.717, 1.165) is 5.76 Å². The summed E-state index contributed by atoms with van der Waals surface area (Å²) in [5, 5.41) is 2.87. The second-order valence-electron chi connectivity index (χ2n) is 3.39. The Morgan fingerprint density at radius 2 is 2.33 bits per heavy atom. The molecule has 0 spiro atoms. The first-order chi connectivity index (χ1) is 5.70. The number of amides is 1. The van der Waals surface area contributed by atoms with Crippen LogP contribution in [0.25, 0.3) is 0 Å². The largest absolute Gasteiger partial charge is 0.466 e. The van der Waals surface area contributed by atoms with Crippen LogP contribution in [0.4, 0.5) is 0 Å². The fourth-order valence-electron chi connectivity index (χ4n) is 1.50. The number of furan rings is 1. The van der Waals surface area contributed by atoms with Gasteiger partial charge in [0.15, 0.2) is 0 Å². The molecule has 1 aliphatic rings. The molecule has 0 fully saturated rings. The van der Waals surface area contributed by atoms with Crippen LogP contribution in [-0.4, -0.2) is 5.91 Å². The van der Waals surface area contributed by atoms with Crippen molar-refractivity contribution < 1.29 is 9.21 Å². The number of carbonyl (C=O) groups excluding carboxylic acids is 1. The zero-order chi connectivity index (χ0) is 8.72. The van der Waals surface area contributed by atoms with Gasteiger partial charge < -0.3 is 9.73 Å². The lowest BCUT2D eigenvalue weighted by molar-refractivity contribution is 0.0947. The Morgan fingerprint density at radius 3 is 3.00 bits per heavy atom. The summed E-state index contributed by atoms with van der Waals surface area (Å²) in [5.41, 5.74) is 0.689. The summed E-state index contributed by atoms with van der Waals surface area (Å²) in [6.45, 7) is 4.12. The Balaban J connectivity index is 2.42. The van der Waals surface area contributed by atoms with Crippen LogP contribution in [0, 0.1) is 5.92 Å². The summed E-state index contributed by atoms with van der Waals surface area (Å²) in [6.07, 6.45) is 1.57. The van der Waals surface area contributed by atoms with Crippen molar-refractivity contribution in [1.29, 1.82) is 0 Å². The number of hydrogen-bond acceptors (Lipinski definition) is 2. The summed E-state index contributed by atoms with van der Waals surface area (Å²) in [4.78, 5) is 11.3. The maximum absolute atomic E-state index is 11.3. The van der Waals surface area contributed by atoms with E-state index >= 15 is 0 Å². The molecule has 1 atom stereocenters. The van der Waals surface area contributed by atoms with Gasteiger partial charge in [0.05, 0.1) is 17.9 Å². The zero-order valence-electron chi connectivity index (χ0n) is 7.13. The van der Waals surface area contributed by atoms with Gasteiger partial charge >= 0.3 is 0 Å². The summed E-state index contributed by atoms with van der Waals surface area (Å²) in [5.74, 6) is 1.15. The molecule has 1 N–H and O–H groups in total. The summed E-state index contributed by atoms with van der Waals surface area (Å²) >= 11 is 0. The lowest BCUT2D eigenvalue weighted by atomic mass is 10.0. The Bertz CT molecular complexity index is 314. The highest BCUT2D eigenvalue weighted by molar-refractivity contribution is 5.98. The first-order valence-electron chi connectivity index (χ1n) is 4.08. The Kier molecular flexibility index (Phi) is 1.46. The van der Waals surface area contributed by atoms with Gasteiger partial charge in [-0.3, -0.25) is 4.79 Å². The van der Waals surface area contributed by atoms with Gasteiger partial charge in [0, 0.05) is 0 Å². The van der Waals surface area contributed by atoms with Gasteiger partial charge in [-0.05, 0) is 12.0 Å². The first-order valence-corrected chi connectivity index (χ1v) is 4.08. The van der Waals surface area contributed by atoms with Crippen LogP contribution in [0.15, 0.2) is 16.7 Å². The third-order valence-corrected chi connectivity index (χ3v) is 2.18. The normalized spacial score (nSPS) is 21.2. The molecule has 2 rings (SSSR count). The van der Waals surface area contributed by atoms with Crippen LogP contribution >= 0.6 is 0 Å². The molecular formula is C9H11NO2. The predicted molar refractivity (Wildman–Crippen MR) is 43.8 cm³/mol. The van der Waals surface area contributed by atoms with Crippen molar-refractivity contribution in [1.82, 2.24) is 5.32 Å². The van der Waals surface area contributed by atoms with Gasteiger partial charge in [0.25, 0.3) is 5.91 Å². The smallest absolute Gasteiger partial charge is 0.255 e. The Hall–Kier alpha value is -1.25. The molecule has 1 amide bonds. The molecule has 2 heterocycles. The summed E-state index contributed by atoms with van der Waals surface area (Å²) in [7, 11) is 0. The standard InChI is InChI=1S/C9H11NO2/c1-5(2)7-8-6(3-4-12-8)9(11)10-7/h3-5,7H,1-2H3,(H,10,11). The maximum atomic E-state index is 11.3. The molecule has 0 radical (unpaired) electrons. The second kappa shape index (κ2) is 2.37. The Morgan fingerprint density at radius 1 is 1.58 bits per heavy atom. The van der Waals surface area contributed by atoms with Crippen LogP contribution in [0.2, 0.25) is 0 Å². The minimum absolute atomic E-state index is 0.0162. The average Bonchev–Trinajstić information content (AvgIpc) is 2.53. The minimum Gasteiger partial charge on any atom is -0.466 e. The molecule has 1 unspecified atom stereocenters. The molecule has 0 aromatic carbocycles. The van der Waals surface area contributed by atoms with Crippen molar-refractivity contribution in [3.8, 4) is 0 Å². The van der Waals surface area contributed by atoms with Gasteiger partial charge in [-0.1, -0.05) is 13.8 Å². The van der Waals surface area contributed by atoms with Crippen molar-refractivity contribution in [2.45, 2.75) is 19.9 Å². The molecule has 64 valence electrons. The highest BCUT2D eigenvalue weighted by Gasteiger charge is 2.33. The van der Waals surface area contributed by atoms with Gasteiger partial charge in [-0.25, -0.2) is 0 Å². The van der Waals surface area contributed by atoms with Crippen LogP contribution in [-0.2, 0) is 0 Å². The molecule has 1 aromatic heterocycles. The molecule has 0 saturated carbocycles. The second-order valence-corrected chi connectivity index (χ2v) is 3.39. The highest BCUT2D eigenvalue weighted by atomic mass is 16.3. The van der Waals surface area contributed by atoms with Crippen molar-refractivity contribution >= 4 is 5.91 Å². The van der Waals surface area contributed by atoms with Crippen LogP contribution < -0.4 is 5.32 Å². The number of carbonyl (C=O) groups is 1. The molecule has 0 bridgehead atoms. The lowest BCUT2D eigenvalue weighted by Gasteiger charge is -2.12. The summed E-state index contributed by atoms with van der Waals surface area (Å²) < 4.78 is 5.24. The van der Waals surface area contributed by atoms with E-state index in [4.69, 9.17) is 4.42 Å². The zero-order valence-corrected chi connectivity index (χ0v) is 7.13. The van der Waals surface area contributed by atoms with E-state index in [9.17, 15) is 4.79 Å². The van der Waals surface area contributed by atoms with E-state index in [1.807, 2.05) is 0 Å². The van der Waals surface area contributed by atoms with E-state index in [1.54, 1.807) is 12.3 Å². The van der Waals surface area contributed by atoms with E-state index < -0.39 is 0 Å². The van der Waals surface area contributed by atoms with Gasteiger partial charge in [-0.2, -0.15) is 0 Å². The first kappa shape index (κ1) is 7.40. The predicted octanol–water partition coefficient (Wildman–Crippen LogP) is 1.72. The monoisotopic (exact) mass is 165 g/mol. The molecule has 1 aliphatic heterocycles. The quantitative estimate of drug-likeness (QED) is 0.688. The molecule has 3 heteroatoms. The number of fused-ring (bicyclic) bond motifs is 1. The Labute approximate surface area is 70.8 Å². The number of rotatable bonds is 1. The van der Waals surface area contributed by atoms with Gasteiger partial charge in [-0.15, -0.1) is 0 Å². The van der Waals surface area contributed by atoms with E-state index in [2.05, 4.69) is 19.2 Å².